The second-order valence-corrected chi connectivity index (χ2v) is 4.65. The average molecular weight is 296 g/mol. The van der Waals surface area contributed by atoms with E-state index in [4.69, 9.17) is 16.3 Å². The Bertz CT molecular complexity index is 661. The number of aryl methyl sites for hydroxylation is 1. The molecule has 0 saturated carbocycles. The van der Waals surface area contributed by atoms with Crippen LogP contribution in [0.1, 0.15) is 11.1 Å². The lowest BCUT2D eigenvalue weighted by Gasteiger charge is -2.09. The van der Waals surface area contributed by atoms with Gasteiger partial charge in [-0.3, -0.25) is 10.1 Å². The van der Waals surface area contributed by atoms with E-state index >= 15 is 0 Å². The molecular weight excluding hydrogens is 285 g/mol. The molecule has 6 heteroatoms. The number of rotatable bonds is 4. The highest BCUT2D eigenvalue weighted by molar-refractivity contribution is 6.32. The summed E-state index contributed by atoms with van der Waals surface area (Å²) >= 11 is 5.72. The first-order valence-corrected chi connectivity index (χ1v) is 6.17. The van der Waals surface area contributed by atoms with Gasteiger partial charge in [-0.05, 0) is 30.2 Å². The molecule has 0 aliphatic rings. The van der Waals surface area contributed by atoms with Gasteiger partial charge in [-0.1, -0.05) is 23.7 Å². The molecule has 2 rings (SSSR count). The summed E-state index contributed by atoms with van der Waals surface area (Å²) in [6.07, 6.45) is 0. The van der Waals surface area contributed by atoms with Crippen LogP contribution in [0.5, 0.6) is 5.75 Å². The summed E-state index contributed by atoms with van der Waals surface area (Å²) in [5.41, 5.74) is 1.20. The van der Waals surface area contributed by atoms with Crippen LogP contribution in [0.15, 0.2) is 36.4 Å². The fourth-order valence-electron chi connectivity index (χ4n) is 1.68. The Morgan fingerprint density at radius 2 is 2.05 bits per heavy atom. The fraction of sp³-hybridized carbons (Fsp3) is 0.143. The number of benzene rings is 2. The molecule has 0 heterocycles. The van der Waals surface area contributed by atoms with E-state index in [2.05, 4.69) is 0 Å². The van der Waals surface area contributed by atoms with Crippen molar-refractivity contribution in [1.82, 2.24) is 0 Å². The highest BCUT2D eigenvalue weighted by Gasteiger charge is 2.13. The Morgan fingerprint density at radius 3 is 2.75 bits per heavy atom. The molecule has 0 N–H and O–H groups in total. The number of nitro benzene ring substituents is 1. The first kappa shape index (κ1) is 14.3. The normalized spacial score (nSPS) is 10.3. The molecule has 0 aliphatic heterocycles. The molecule has 0 radical (unpaired) electrons. The van der Waals surface area contributed by atoms with Crippen LogP contribution < -0.4 is 4.74 Å². The molecule has 0 amide bonds. The number of halogens is 2. The smallest absolute Gasteiger partial charge is 0.288 e. The third-order valence-electron chi connectivity index (χ3n) is 2.75. The second-order valence-electron chi connectivity index (χ2n) is 4.24. The average Bonchev–Trinajstić information content (AvgIpc) is 2.41. The van der Waals surface area contributed by atoms with Crippen LogP contribution in [0, 0.1) is 22.9 Å². The quantitative estimate of drug-likeness (QED) is 0.625. The van der Waals surface area contributed by atoms with E-state index in [9.17, 15) is 14.5 Å². The van der Waals surface area contributed by atoms with Crippen molar-refractivity contribution < 1.29 is 14.1 Å². The van der Waals surface area contributed by atoms with Gasteiger partial charge >= 0.3 is 0 Å². The van der Waals surface area contributed by atoms with E-state index < -0.39 is 10.7 Å². The molecule has 0 aromatic heterocycles. The molecule has 4 nitrogen and oxygen atoms in total. The third-order valence-corrected chi connectivity index (χ3v) is 3.07. The van der Waals surface area contributed by atoms with E-state index in [1.54, 1.807) is 19.1 Å². The van der Waals surface area contributed by atoms with Crippen LogP contribution in [0.3, 0.4) is 0 Å². The molecule has 0 fully saturated rings. The van der Waals surface area contributed by atoms with Gasteiger partial charge in [-0.25, -0.2) is 4.39 Å². The maximum absolute atomic E-state index is 13.1. The molecular formula is C14H11ClFNO3. The van der Waals surface area contributed by atoms with Crippen LogP contribution in [-0.4, -0.2) is 4.92 Å². The number of hydrogen-bond donors (Lipinski definition) is 0. The van der Waals surface area contributed by atoms with E-state index in [0.717, 1.165) is 5.56 Å². The van der Waals surface area contributed by atoms with Gasteiger partial charge in [0.1, 0.15) is 23.2 Å². The highest BCUT2D eigenvalue weighted by atomic mass is 35.5. The van der Waals surface area contributed by atoms with E-state index in [1.165, 1.54) is 24.3 Å². The molecule has 0 bridgehead atoms. The minimum absolute atomic E-state index is 0.0701. The van der Waals surface area contributed by atoms with Crippen molar-refractivity contribution in [2.24, 2.45) is 0 Å². The SMILES string of the molecule is Cc1ccc(F)cc1OCc1ccc(Cl)c([N+](=O)[O-])c1. The Hall–Kier alpha value is -2.14. The maximum Gasteiger partial charge on any atom is 0.288 e. The van der Waals surface area contributed by atoms with Crippen molar-refractivity contribution in [3.63, 3.8) is 0 Å². The predicted molar refractivity (Wildman–Crippen MR) is 73.6 cm³/mol. The van der Waals surface area contributed by atoms with E-state index in [0.29, 0.717) is 11.3 Å². The monoisotopic (exact) mass is 295 g/mol. The topological polar surface area (TPSA) is 52.4 Å². The fourth-order valence-corrected chi connectivity index (χ4v) is 1.87. The largest absolute Gasteiger partial charge is 0.489 e. The van der Waals surface area contributed by atoms with Gasteiger partial charge in [0.05, 0.1) is 4.92 Å². The lowest BCUT2D eigenvalue weighted by Crippen LogP contribution is -1.99. The van der Waals surface area contributed by atoms with Gasteiger partial charge in [0, 0.05) is 12.1 Å². The third kappa shape index (κ3) is 3.24. The van der Waals surface area contributed by atoms with Crippen LogP contribution in [0.2, 0.25) is 5.02 Å². The molecule has 0 spiro atoms. The zero-order valence-electron chi connectivity index (χ0n) is 10.6. The lowest BCUT2D eigenvalue weighted by molar-refractivity contribution is -0.384. The molecule has 2 aromatic rings. The van der Waals surface area contributed by atoms with Crippen LogP contribution in [0.25, 0.3) is 0 Å². The first-order valence-electron chi connectivity index (χ1n) is 5.79. The summed E-state index contributed by atoms with van der Waals surface area (Å²) in [5, 5.41) is 10.8. The van der Waals surface area contributed by atoms with Gasteiger partial charge in [-0.2, -0.15) is 0 Å². The van der Waals surface area contributed by atoms with Gasteiger partial charge in [0.25, 0.3) is 5.69 Å². The first-order chi connectivity index (χ1) is 9.47. The Balaban J connectivity index is 2.17. The maximum atomic E-state index is 13.1. The van der Waals surface area contributed by atoms with Crippen molar-refractivity contribution >= 4 is 17.3 Å². The van der Waals surface area contributed by atoms with Gasteiger partial charge < -0.3 is 4.74 Å². The van der Waals surface area contributed by atoms with Crippen molar-refractivity contribution in [1.29, 1.82) is 0 Å². The number of nitro groups is 1. The van der Waals surface area contributed by atoms with Crippen molar-refractivity contribution in [3.05, 3.63) is 68.5 Å². The van der Waals surface area contributed by atoms with Gasteiger partial charge in [0.15, 0.2) is 0 Å². The van der Waals surface area contributed by atoms with Crippen molar-refractivity contribution in [2.75, 3.05) is 0 Å². The number of nitrogens with zero attached hydrogens (tertiary/aromatic N) is 1. The standard InChI is InChI=1S/C14H11ClFNO3/c1-9-2-4-11(16)7-14(9)20-8-10-3-5-12(15)13(6-10)17(18)19/h2-7H,8H2,1H3. The van der Waals surface area contributed by atoms with E-state index in [1.807, 2.05) is 0 Å². The van der Waals surface area contributed by atoms with E-state index in [-0.39, 0.29) is 17.3 Å². The summed E-state index contributed by atoms with van der Waals surface area (Å²) in [7, 11) is 0. The summed E-state index contributed by atoms with van der Waals surface area (Å²) in [6, 6.07) is 8.64. The van der Waals surface area contributed by atoms with Gasteiger partial charge in [0.2, 0.25) is 0 Å². The minimum Gasteiger partial charge on any atom is -0.489 e. The predicted octanol–water partition coefficient (Wildman–Crippen LogP) is 4.27. The molecule has 0 aliphatic carbocycles. The molecule has 104 valence electrons. The molecule has 0 saturated heterocycles. The summed E-state index contributed by atoms with van der Waals surface area (Å²) in [5.74, 6) is 0.00953. The molecule has 0 unspecified atom stereocenters. The Morgan fingerprint density at radius 1 is 1.30 bits per heavy atom. The van der Waals surface area contributed by atoms with Crippen molar-refractivity contribution in [2.45, 2.75) is 13.5 Å². The summed E-state index contributed by atoms with van der Waals surface area (Å²) in [6.45, 7) is 1.89. The van der Waals surface area contributed by atoms with Crippen molar-refractivity contribution in [3.8, 4) is 5.75 Å². The minimum atomic E-state index is -0.556. The molecule has 2 aromatic carbocycles. The second kappa shape index (κ2) is 5.88. The zero-order valence-corrected chi connectivity index (χ0v) is 11.4. The van der Waals surface area contributed by atoms with Gasteiger partial charge in [-0.15, -0.1) is 0 Å². The van der Waals surface area contributed by atoms with Crippen LogP contribution in [0.4, 0.5) is 10.1 Å². The number of ether oxygens (including phenoxy) is 1. The zero-order chi connectivity index (χ0) is 14.7. The Labute approximate surface area is 119 Å². The number of hydrogen-bond acceptors (Lipinski definition) is 3. The van der Waals surface area contributed by atoms with Crippen LogP contribution >= 0.6 is 11.6 Å². The van der Waals surface area contributed by atoms with Crippen LogP contribution in [-0.2, 0) is 6.61 Å². The highest BCUT2D eigenvalue weighted by Crippen LogP contribution is 2.26. The molecule has 0 atom stereocenters. The summed E-state index contributed by atoms with van der Waals surface area (Å²) in [4.78, 5) is 10.2. The molecule has 20 heavy (non-hydrogen) atoms. The Kier molecular flexibility index (Phi) is 4.20. The lowest BCUT2D eigenvalue weighted by atomic mass is 10.2. The summed E-state index contributed by atoms with van der Waals surface area (Å²) < 4.78 is 18.6.